The molecular formula is C55H32O2. The van der Waals surface area contributed by atoms with Gasteiger partial charge >= 0.3 is 0 Å². The molecule has 0 N–H and O–H groups in total. The second-order valence-electron chi connectivity index (χ2n) is 15.4. The molecule has 0 saturated heterocycles. The van der Waals surface area contributed by atoms with E-state index in [4.69, 9.17) is 8.83 Å². The first-order valence-electron chi connectivity index (χ1n) is 19.7. The summed E-state index contributed by atoms with van der Waals surface area (Å²) in [5, 5.41) is 4.48. The Morgan fingerprint density at radius 1 is 0.298 bits per heavy atom. The minimum absolute atomic E-state index is 0.625. The molecule has 1 spiro atoms. The fourth-order valence-electron chi connectivity index (χ4n) is 10.4. The minimum atomic E-state index is -0.625. The summed E-state index contributed by atoms with van der Waals surface area (Å²) >= 11 is 0. The first-order valence-corrected chi connectivity index (χ1v) is 19.7. The summed E-state index contributed by atoms with van der Waals surface area (Å²) in [5.74, 6) is 0. The van der Waals surface area contributed by atoms with E-state index >= 15 is 0 Å². The van der Waals surface area contributed by atoms with Crippen LogP contribution in [0.25, 0.3) is 99.5 Å². The Bertz CT molecular complexity index is 3390. The quantitative estimate of drug-likeness (QED) is 0.181. The van der Waals surface area contributed by atoms with E-state index in [-0.39, 0.29) is 0 Å². The van der Waals surface area contributed by atoms with Crippen molar-refractivity contribution in [3.8, 4) is 55.6 Å². The third-order valence-electron chi connectivity index (χ3n) is 12.7. The van der Waals surface area contributed by atoms with Gasteiger partial charge in [-0.15, -0.1) is 0 Å². The molecule has 2 nitrogen and oxygen atoms in total. The molecule has 57 heavy (non-hydrogen) atoms. The fourth-order valence-corrected chi connectivity index (χ4v) is 10.4. The largest absolute Gasteiger partial charge is 0.455 e. The summed E-state index contributed by atoms with van der Waals surface area (Å²) in [6, 6.07) is 70.4. The topological polar surface area (TPSA) is 26.3 Å². The predicted molar refractivity (Wildman–Crippen MR) is 234 cm³/mol. The van der Waals surface area contributed by atoms with Gasteiger partial charge in [0.2, 0.25) is 0 Å². The van der Waals surface area contributed by atoms with E-state index in [1.54, 1.807) is 0 Å². The van der Waals surface area contributed by atoms with Gasteiger partial charge in [0, 0.05) is 38.2 Å². The van der Waals surface area contributed by atoms with Crippen LogP contribution in [0, 0.1) is 0 Å². The second-order valence-corrected chi connectivity index (χ2v) is 15.4. The first-order chi connectivity index (χ1) is 28.3. The molecule has 0 atom stereocenters. The van der Waals surface area contributed by atoms with Gasteiger partial charge in [0.25, 0.3) is 0 Å². The van der Waals surface area contributed by atoms with E-state index in [1.165, 1.54) is 61.2 Å². The lowest BCUT2D eigenvalue weighted by molar-refractivity contribution is 0.669. The van der Waals surface area contributed by atoms with Crippen molar-refractivity contribution in [2.75, 3.05) is 0 Å². The molecule has 2 heterocycles. The van der Waals surface area contributed by atoms with Gasteiger partial charge < -0.3 is 8.83 Å². The number of rotatable bonds is 3. The maximum Gasteiger partial charge on any atom is 0.144 e. The average molecular weight is 725 g/mol. The van der Waals surface area contributed by atoms with Crippen molar-refractivity contribution in [2.45, 2.75) is 5.41 Å². The molecule has 2 aliphatic rings. The zero-order chi connectivity index (χ0) is 37.2. The maximum absolute atomic E-state index is 7.17. The molecule has 0 bridgehead atoms. The van der Waals surface area contributed by atoms with Gasteiger partial charge in [0.05, 0.1) is 5.41 Å². The highest BCUT2D eigenvalue weighted by atomic mass is 16.3. The third-order valence-corrected chi connectivity index (χ3v) is 12.7. The summed E-state index contributed by atoms with van der Waals surface area (Å²) in [6.07, 6.45) is 0. The van der Waals surface area contributed by atoms with Crippen molar-refractivity contribution in [1.82, 2.24) is 0 Å². The van der Waals surface area contributed by atoms with Crippen molar-refractivity contribution in [1.29, 1.82) is 0 Å². The molecule has 11 aromatic rings. The van der Waals surface area contributed by atoms with Crippen LogP contribution in [0.5, 0.6) is 0 Å². The lowest BCUT2D eigenvalue weighted by Crippen LogP contribution is -2.26. The highest BCUT2D eigenvalue weighted by Gasteiger charge is 2.54. The third kappa shape index (κ3) is 3.99. The molecule has 0 fully saturated rings. The summed E-state index contributed by atoms with van der Waals surface area (Å²) in [4.78, 5) is 0. The smallest absolute Gasteiger partial charge is 0.144 e. The lowest BCUT2D eigenvalue weighted by atomic mass is 9.69. The molecule has 264 valence electrons. The molecule has 0 aliphatic heterocycles. The number of fused-ring (bicyclic) bond motifs is 18. The van der Waals surface area contributed by atoms with E-state index in [0.29, 0.717) is 0 Å². The Morgan fingerprint density at radius 3 is 1.42 bits per heavy atom. The van der Waals surface area contributed by atoms with E-state index < -0.39 is 5.41 Å². The van der Waals surface area contributed by atoms with Gasteiger partial charge in [0.1, 0.15) is 22.3 Å². The Balaban J connectivity index is 1.25. The summed E-state index contributed by atoms with van der Waals surface area (Å²) in [6.45, 7) is 0. The van der Waals surface area contributed by atoms with Crippen LogP contribution in [0.3, 0.4) is 0 Å². The molecule has 2 heteroatoms. The van der Waals surface area contributed by atoms with Crippen molar-refractivity contribution in [3.05, 3.63) is 216 Å². The summed E-state index contributed by atoms with van der Waals surface area (Å²) in [7, 11) is 0. The Kier molecular flexibility index (Phi) is 6.13. The Labute approximate surface area is 328 Å². The monoisotopic (exact) mass is 724 g/mol. The average Bonchev–Trinajstić information content (AvgIpc) is 4.02. The second kappa shape index (κ2) is 11.3. The summed E-state index contributed by atoms with van der Waals surface area (Å²) < 4.78 is 14.2. The number of hydrogen-bond donors (Lipinski definition) is 0. The fraction of sp³-hybridized carbons (Fsp3) is 0.0182. The van der Waals surface area contributed by atoms with E-state index in [1.807, 2.05) is 0 Å². The normalized spacial score (nSPS) is 13.4. The van der Waals surface area contributed by atoms with Gasteiger partial charge in [-0.05, 0) is 85.5 Å². The van der Waals surface area contributed by atoms with Crippen LogP contribution in [-0.2, 0) is 5.41 Å². The first kappa shape index (κ1) is 30.9. The molecule has 0 unspecified atom stereocenters. The highest BCUT2D eigenvalue weighted by molar-refractivity contribution is 6.25. The SMILES string of the molecule is c1ccc(-c2ccc(-c3cc4c(c5c3oc3ccccc35)-c3c(cc(-c5ccccc5)c5c3oc3ccccc35)C43c4ccccc4-c4ccccc43)cc2)cc1. The van der Waals surface area contributed by atoms with Crippen LogP contribution >= 0.6 is 0 Å². The number of para-hydroxylation sites is 2. The van der Waals surface area contributed by atoms with E-state index in [0.717, 1.165) is 60.6 Å². The van der Waals surface area contributed by atoms with Crippen LogP contribution in [-0.4, -0.2) is 0 Å². The number of furan rings is 2. The van der Waals surface area contributed by atoms with Crippen LogP contribution in [0.4, 0.5) is 0 Å². The van der Waals surface area contributed by atoms with Crippen LogP contribution in [0.1, 0.15) is 22.3 Å². The van der Waals surface area contributed by atoms with E-state index in [2.05, 4.69) is 194 Å². The van der Waals surface area contributed by atoms with Crippen molar-refractivity contribution < 1.29 is 8.83 Å². The van der Waals surface area contributed by atoms with Gasteiger partial charge in [0.15, 0.2) is 0 Å². The van der Waals surface area contributed by atoms with Crippen LogP contribution in [0.15, 0.2) is 203 Å². The Morgan fingerprint density at radius 2 is 0.754 bits per heavy atom. The molecule has 13 rings (SSSR count). The molecule has 2 aromatic heterocycles. The van der Waals surface area contributed by atoms with Gasteiger partial charge in [-0.2, -0.15) is 0 Å². The van der Waals surface area contributed by atoms with Gasteiger partial charge in [-0.25, -0.2) is 0 Å². The molecule has 9 aromatic carbocycles. The van der Waals surface area contributed by atoms with E-state index in [9.17, 15) is 0 Å². The Hall–Kier alpha value is -7.42. The zero-order valence-corrected chi connectivity index (χ0v) is 30.8. The molecule has 0 saturated carbocycles. The summed E-state index contributed by atoms with van der Waals surface area (Å²) in [5.41, 5.74) is 19.8. The number of hydrogen-bond acceptors (Lipinski definition) is 2. The van der Waals surface area contributed by atoms with Gasteiger partial charge in [-0.3, -0.25) is 0 Å². The predicted octanol–water partition coefficient (Wildman–Crippen LogP) is 14.8. The minimum Gasteiger partial charge on any atom is -0.455 e. The molecular weight excluding hydrogens is 693 g/mol. The highest BCUT2D eigenvalue weighted by Crippen LogP contribution is 2.67. The van der Waals surface area contributed by atoms with Crippen LogP contribution < -0.4 is 0 Å². The molecule has 2 aliphatic carbocycles. The van der Waals surface area contributed by atoms with Crippen molar-refractivity contribution >= 4 is 43.9 Å². The number of benzene rings is 9. The molecule has 0 amide bonds. The maximum atomic E-state index is 7.17. The van der Waals surface area contributed by atoms with Crippen molar-refractivity contribution in [2.24, 2.45) is 0 Å². The zero-order valence-electron chi connectivity index (χ0n) is 30.8. The van der Waals surface area contributed by atoms with Crippen molar-refractivity contribution in [3.63, 3.8) is 0 Å². The van der Waals surface area contributed by atoms with Gasteiger partial charge in [-0.1, -0.05) is 170 Å². The lowest BCUT2D eigenvalue weighted by Gasteiger charge is -2.31. The molecule has 0 radical (unpaired) electrons. The van der Waals surface area contributed by atoms with Crippen LogP contribution in [0.2, 0.25) is 0 Å². The standard InChI is InChI=1S/C55H32O2/c1-3-15-33(16-4-1)34-27-29-36(30-28-34)42-32-45-51(50-40-22-10-14-26-48(40)56-53(42)50)52-46(55(45)43-23-11-7-19-37(43)38-20-8-12-24-44(38)55)31-41(35-17-5-2-6-18-35)49-39-21-9-13-25-47(39)57-54(49)52/h1-32H.